The van der Waals surface area contributed by atoms with Gasteiger partial charge in [0.05, 0.1) is 59.1 Å². The van der Waals surface area contributed by atoms with Crippen molar-refractivity contribution in [3.05, 3.63) is 0 Å². The number of amides is 2. The maximum Gasteiger partial charge on any atom is 0.308 e. The van der Waals surface area contributed by atoms with E-state index in [1.165, 1.54) is 0 Å². The minimum atomic E-state index is -1.25. The van der Waals surface area contributed by atoms with E-state index in [0.29, 0.717) is 46.2 Å². The van der Waals surface area contributed by atoms with Crippen molar-refractivity contribution in [2.75, 3.05) is 52.9 Å². The Bertz CT molecular complexity index is 429. The predicted molar refractivity (Wildman–Crippen MR) is 81.7 cm³/mol. The monoisotopic (exact) mass is 363 g/mol. The second kappa shape index (κ2) is 12.7. The Morgan fingerprint density at radius 1 is 1.00 bits per heavy atom. The average Bonchev–Trinajstić information content (AvgIpc) is 2.83. The Kier molecular flexibility index (Phi) is 10.9. The van der Waals surface area contributed by atoms with Crippen molar-refractivity contribution in [2.24, 2.45) is 0 Å². The lowest BCUT2D eigenvalue weighted by Gasteiger charge is -2.10. The topological polar surface area (TPSA) is 121 Å². The number of esters is 1. The zero-order chi connectivity index (χ0) is 18.5. The van der Waals surface area contributed by atoms with E-state index in [9.17, 15) is 14.4 Å². The number of imide groups is 1. The Morgan fingerprint density at radius 3 is 2.00 bits per heavy atom. The molecule has 1 fully saturated rings. The molecule has 0 aromatic heterocycles. The van der Waals surface area contributed by atoms with Crippen LogP contribution >= 0.6 is 0 Å². The van der Waals surface area contributed by atoms with E-state index in [2.05, 4.69) is 0 Å². The molecule has 1 atom stereocenters. The predicted octanol–water partition coefficient (Wildman–Crippen LogP) is -0.477. The van der Waals surface area contributed by atoms with Gasteiger partial charge in [0.25, 0.3) is 11.8 Å². The van der Waals surface area contributed by atoms with Gasteiger partial charge in [-0.05, 0) is 6.92 Å². The summed E-state index contributed by atoms with van der Waals surface area (Å²) in [7, 11) is 0. The summed E-state index contributed by atoms with van der Waals surface area (Å²) in [6, 6.07) is 0. The second-order valence-electron chi connectivity index (χ2n) is 5.01. The van der Waals surface area contributed by atoms with Crippen molar-refractivity contribution in [1.82, 2.24) is 5.06 Å². The normalized spacial score (nSPS) is 17.4. The summed E-state index contributed by atoms with van der Waals surface area (Å²) in [6.45, 7) is 5.34. The first kappa shape index (κ1) is 21.5. The van der Waals surface area contributed by atoms with Crippen molar-refractivity contribution in [1.29, 1.82) is 0 Å². The van der Waals surface area contributed by atoms with Gasteiger partial charge in [-0.3, -0.25) is 19.6 Å². The largest absolute Gasteiger partial charge is 0.451 e. The van der Waals surface area contributed by atoms with Crippen LogP contribution in [0.25, 0.3) is 0 Å². The Hall–Kier alpha value is -1.59. The maximum atomic E-state index is 11.5. The second-order valence-corrected chi connectivity index (χ2v) is 5.01. The molecule has 0 bridgehead atoms. The van der Waals surface area contributed by atoms with Crippen molar-refractivity contribution in [3.63, 3.8) is 0 Å². The summed E-state index contributed by atoms with van der Waals surface area (Å²) >= 11 is 0. The van der Waals surface area contributed by atoms with E-state index >= 15 is 0 Å². The quantitative estimate of drug-likeness (QED) is 0.189. The van der Waals surface area contributed by atoms with E-state index in [1.807, 2.05) is 6.92 Å². The van der Waals surface area contributed by atoms with Gasteiger partial charge in [-0.15, -0.1) is 0 Å². The van der Waals surface area contributed by atoms with Crippen molar-refractivity contribution >= 4 is 17.8 Å². The summed E-state index contributed by atoms with van der Waals surface area (Å²) in [4.78, 5) is 33.9. The van der Waals surface area contributed by atoms with Crippen LogP contribution in [0.1, 0.15) is 19.8 Å². The summed E-state index contributed by atoms with van der Waals surface area (Å²) in [5.74, 6) is -2.40. The van der Waals surface area contributed by atoms with E-state index in [0.717, 1.165) is 0 Å². The molecule has 10 heteroatoms. The number of hydroxylamine groups is 2. The smallest absolute Gasteiger partial charge is 0.308 e. The molecule has 10 nitrogen and oxygen atoms in total. The lowest BCUT2D eigenvalue weighted by atomic mass is 10.3. The lowest BCUT2D eigenvalue weighted by Crippen LogP contribution is -2.31. The van der Waals surface area contributed by atoms with Crippen LogP contribution in [-0.2, 0) is 38.1 Å². The molecule has 1 heterocycles. The molecule has 2 amide bonds. The van der Waals surface area contributed by atoms with Crippen LogP contribution in [0.4, 0.5) is 0 Å². The number of rotatable bonds is 14. The van der Waals surface area contributed by atoms with Crippen LogP contribution in [-0.4, -0.2) is 87.0 Å². The van der Waals surface area contributed by atoms with Gasteiger partial charge in [-0.1, -0.05) is 0 Å². The zero-order valence-electron chi connectivity index (χ0n) is 14.3. The number of hydrogen-bond donors (Lipinski definition) is 1. The molecular weight excluding hydrogens is 338 g/mol. The molecule has 0 aliphatic carbocycles. The Morgan fingerprint density at radius 2 is 1.52 bits per heavy atom. The Balaban J connectivity index is 1.90. The van der Waals surface area contributed by atoms with Gasteiger partial charge in [0.2, 0.25) is 0 Å². The molecule has 144 valence electrons. The molecule has 0 spiro atoms. The SMILES string of the molecule is CCOCCOCCOCCOCCC(=O)OC1CC(=O)N(O)C1=O. The van der Waals surface area contributed by atoms with E-state index in [4.69, 9.17) is 28.9 Å². The highest BCUT2D eigenvalue weighted by atomic mass is 16.6. The van der Waals surface area contributed by atoms with Gasteiger partial charge >= 0.3 is 5.97 Å². The minimum absolute atomic E-state index is 0.0354. The van der Waals surface area contributed by atoms with Gasteiger partial charge in [0, 0.05) is 6.61 Å². The number of ether oxygens (including phenoxy) is 5. The highest BCUT2D eigenvalue weighted by Gasteiger charge is 2.40. The van der Waals surface area contributed by atoms with Crippen LogP contribution in [0.15, 0.2) is 0 Å². The fourth-order valence-corrected chi connectivity index (χ4v) is 1.86. The van der Waals surface area contributed by atoms with Crippen LogP contribution in [0.3, 0.4) is 0 Å². The third-order valence-electron chi connectivity index (χ3n) is 3.12. The van der Waals surface area contributed by atoms with Gasteiger partial charge < -0.3 is 23.7 Å². The Labute approximate surface area is 145 Å². The highest BCUT2D eigenvalue weighted by Crippen LogP contribution is 2.14. The van der Waals surface area contributed by atoms with Crippen LogP contribution in [0, 0.1) is 0 Å². The molecule has 1 unspecified atom stereocenters. The standard InChI is InChI=1S/C15H25NO9/c1-2-21-5-6-23-9-10-24-8-7-22-4-3-14(18)25-12-11-13(17)16(20)15(12)19/h12,20H,2-11H2,1H3. The van der Waals surface area contributed by atoms with E-state index in [-0.39, 0.29) is 24.5 Å². The fourth-order valence-electron chi connectivity index (χ4n) is 1.86. The molecule has 0 aromatic rings. The first-order chi connectivity index (χ1) is 12.1. The summed E-state index contributed by atoms with van der Waals surface area (Å²) < 4.78 is 25.7. The van der Waals surface area contributed by atoms with Gasteiger partial charge in [-0.25, -0.2) is 0 Å². The highest BCUT2D eigenvalue weighted by molar-refractivity contribution is 6.04. The summed E-state index contributed by atoms with van der Waals surface area (Å²) in [6.07, 6.45) is -1.66. The van der Waals surface area contributed by atoms with Gasteiger partial charge in [-0.2, -0.15) is 5.06 Å². The number of nitrogens with zero attached hydrogens (tertiary/aromatic N) is 1. The van der Waals surface area contributed by atoms with E-state index < -0.39 is 23.9 Å². The zero-order valence-corrected chi connectivity index (χ0v) is 14.3. The third kappa shape index (κ3) is 8.89. The molecule has 1 N–H and O–H groups in total. The molecular formula is C15H25NO9. The molecule has 1 saturated heterocycles. The average molecular weight is 363 g/mol. The molecule has 0 aromatic carbocycles. The molecule has 25 heavy (non-hydrogen) atoms. The van der Waals surface area contributed by atoms with E-state index in [1.54, 1.807) is 0 Å². The molecule has 1 aliphatic rings. The lowest BCUT2D eigenvalue weighted by molar-refractivity contribution is -0.176. The van der Waals surface area contributed by atoms with Crippen LogP contribution in [0.2, 0.25) is 0 Å². The third-order valence-corrected chi connectivity index (χ3v) is 3.12. The van der Waals surface area contributed by atoms with Gasteiger partial charge in [0.1, 0.15) is 0 Å². The first-order valence-corrected chi connectivity index (χ1v) is 8.12. The van der Waals surface area contributed by atoms with Crippen molar-refractivity contribution in [3.8, 4) is 0 Å². The summed E-state index contributed by atoms with van der Waals surface area (Å²) in [5, 5.41) is 8.99. The molecule has 1 rings (SSSR count). The van der Waals surface area contributed by atoms with Crippen LogP contribution < -0.4 is 0 Å². The maximum absolute atomic E-state index is 11.5. The molecule has 0 radical (unpaired) electrons. The molecule has 0 saturated carbocycles. The minimum Gasteiger partial charge on any atom is -0.451 e. The summed E-state index contributed by atoms with van der Waals surface area (Å²) in [5.41, 5.74) is 0. The van der Waals surface area contributed by atoms with Crippen LogP contribution in [0.5, 0.6) is 0 Å². The number of carbonyl (C=O) groups excluding carboxylic acids is 3. The van der Waals surface area contributed by atoms with Crippen molar-refractivity contribution < 1.29 is 43.3 Å². The number of hydrogen-bond acceptors (Lipinski definition) is 9. The fraction of sp³-hybridized carbons (Fsp3) is 0.800. The van der Waals surface area contributed by atoms with Crippen molar-refractivity contribution in [2.45, 2.75) is 25.9 Å². The number of carbonyl (C=O) groups is 3. The first-order valence-electron chi connectivity index (χ1n) is 8.12. The molecule has 1 aliphatic heterocycles. The van der Waals surface area contributed by atoms with Gasteiger partial charge in [0.15, 0.2) is 6.10 Å².